The van der Waals surface area contributed by atoms with E-state index in [0.717, 1.165) is 42.5 Å². The van der Waals surface area contributed by atoms with Crippen LogP contribution in [-0.2, 0) is 0 Å². The van der Waals surface area contributed by atoms with Crippen molar-refractivity contribution >= 4 is 15.9 Å². The maximum absolute atomic E-state index is 10.1. The van der Waals surface area contributed by atoms with Crippen LogP contribution < -0.4 is 0 Å². The Kier molecular flexibility index (Phi) is 5.18. The molecule has 2 unspecified atom stereocenters. The Hall–Kier alpha value is -0.420. The smallest absolute Gasteiger partial charge is 0.0802 e. The number of piperidine rings is 1. The third kappa shape index (κ3) is 4.05. The highest BCUT2D eigenvalue weighted by Gasteiger charge is 2.18. The van der Waals surface area contributed by atoms with Crippen molar-refractivity contribution < 1.29 is 10.2 Å². The van der Waals surface area contributed by atoms with Crippen molar-refractivity contribution in [3.05, 3.63) is 34.3 Å². The van der Waals surface area contributed by atoms with Gasteiger partial charge in [0, 0.05) is 17.6 Å². The molecule has 0 aromatic heterocycles. The maximum Gasteiger partial charge on any atom is 0.0802 e. The predicted octanol–water partition coefficient (Wildman–Crippen LogP) is 2.33. The lowest BCUT2D eigenvalue weighted by molar-refractivity contribution is 0.0590. The highest BCUT2D eigenvalue weighted by molar-refractivity contribution is 9.10. The summed E-state index contributed by atoms with van der Waals surface area (Å²) in [5.74, 6) is 0. The lowest BCUT2D eigenvalue weighted by Gasteiger charge is -2.30. The summed E-state index contributed by atoms with van der Waals surface area (Å²) in [6, 6.07) is 7.79. The number of benzene rings is 1. The molecule has 0 spiro atoms. The van der Waals surface area contributed by atoms with Gasteiger partial charge in [0.2, 0.25) is 0 Å². The fourth-order valence-corrected chi connectivity index (χ4v) is 2.84. The second-order valence-corrected chi connectivity index (χ2v) is 5.87. The zero-order valence-corrected chi connectivity index (χ0v) is 12.0. The zero-order valence-electron chi connectivity index (χ0n) is 10.4. The van der Waals surface area contributed by atoms with Crippen LogP contribution in [0.15, 0.2) is 28.7 Å². The van der Waals surface area contributed by atoms with Crippen molar-refractivity contribution in [3.8, 4) is 0 Å². The first kappa shape index (κ1) is 14.0. The molecule has 1 aromatic rings. The molecule has 1 aliphatic heterocycles. The minimum absolute atomic E-state index is 0.193. The van der Waals surface area contributed by atoms with Crippen molar-refractivity contribution in [2.45, 2.75) is 31.5 Å². The molecule has 2 N–H and O–H groups in total. The summed E-state index contributed by atoms with van der Waals surface area (Å²) in [5, 5.41) is 19.7. The summed E-state index contributed by atoms with van der Waals surface area (Å²) in [7, 11) is 0. The monoisotopic (exact) mass is 313 g/mol. The highest BCUT2D eigenvalue weighted by atomic mass is 79.9. The molecule has 2 atom stereocenters. The minimum Gasteiger partial charge on any atom is -0.392 e. The van der Waals surface area contributed by atoms with E-state index in [4.69, 9.17) is 0 Å². The Labute approximate surface area is 117 Å². The Morgan fingerprint density at radius 2 is 2.28 bits per heavy atom. The van der Waals surface area contributed by atoms with Gasteiger partial charge < -0.3 is 15.1 Å². The van der Waals surface area contributed by atoms with Gasteiger partial charge in [0.25, 0.3) is 0 Å². The van der Waals surface area contributed by atoms with Crippen LogP contribution in [0.5, 0.6) is 0 Å². The Morgan fingerprint density at radius 1 is 1.44 bits per heavy atom. The van der Waals surface area contributed by atoms with Gasteiger partial charge >= 0.3 is 0 Å². The number of hydrogen-bond acceptors (Lipinski definition) is 3. The molecule has 1 fully saturated rings. The summed E-state index contributed by atoms with van der Waals surface area (Å²) in [5.41, 5.74) is 0.946. The molecule has 0 saturated carbocycles. The summed E-state index contributed by atoms with van der Waals surface area (Å²) in [4.78, 5) is 2.23. The van der Waals surface area contributed by atoms with E-state index in [1.165, 1.54) is 0 Å². The number of halogens is 1. The average Bonchev–Trinajstić information content (AvgIpc) is 2.36. The minimum atomic E-state index is -0.429. The van der Waals surface area contributed by atoms with E-state index >= 15 is 0 Å². The molecule has 2 rings (SSSR count). The van der Waals surface area contributed by atoms with Gasteiger partial charge in [-0.05, 0) is 43.5 Å². The molecular weight excluding hydrogens is 294 g/mol. The lowest BCUT2D eigenvalue weighted by atomic mass is 10.0. The normalized spacial score (nSPS) is 22.9. The van der Waals surface area contributed by atoms with E-state index in [1.807, 2.05) is 24.3 Å². The molecule has 0 radical (unpaired) electrons. The first-order valence-corrected chi connectivity index (χ1v) is 7.28. The molecule has 18 heavy (non-hydrogen) atoms. The van der Waals surface area contributed by atoms with E-state index in [9.17, 15) is 10.2 Å². The Bertz CT molecular complexity index is 386. The first-order valence-electron chi connectivity index (χ1n) is 6.49. The number of β-amino-alcohol motifs (C(OH)–C–C–N with tert-alkyl or cyclic N) is 1. The van der Waals surface area contributed by atoms with E-state index in [1.54, 1.807) is 0 Å². The fourth-order valence-electron chi connectivity index (χ4n) is 2.42. The molecule has 1 aliphatic rings. The molecule has 1 saturated heterocycles. The molecule has 1 heterocycles. The van der Waals surface area contributed by atoms with Crippen LogP contribution in [0.3, 0.4) is 0 Å². The van der Waals surface area contributed by atoms with Gasteiger partial charge in [0.15, 0.2) is 0 Å². The molecule has 0 bridgehead atoms. The SMILES string of the molecule is OC1CCCN(CCC(O)c2cccc(Br)c2)C1. The van der Waals surface area contributed by atoms with Crippen LogP contribution in [0.25, 0.3) is 0 Å². The summed E-state index contributed by atoms with van der Waals surface area (Å²) in [6.45, 7) is 2.61. The zero-order chi connectivity index (χ0) is 13.0. The summed E-state index contributed by atoms with van der Waals surface area (Å²) >= 11 is 3.41. The van der Waals surface area contributed by atoms with Crippen LogP contribution >= 0.6 is 15.9 Å². The van der Waals surface area contributed by atoms with Crippen LogP contribution in [-0.4, -0.2) is 40.9 Å². The van der Waals surface area contributed by atoms with Gasteiger partial charge in [-0.1, -0.05) is 28.1 Å². The van der Waals surface area contributed by atoms with Gasteiger partial charge in [0.05, 0.1) is 12.2 Å². The van der Waals surface area contributed by atoms with Crippen molar-refractivity contribution in [2.24, 2.45) is 0 Å². The van der Waals surface area contributed by atoms with E-state index in [-0.39, 0.29) is 6.10 Å². The quantitative estimate of drug-likeness (QED) is 0.896. The van der Waals surface area contributed by atoms with Gasteiger partial charge in [-0.15, -0.1) is 0 Å². The molecule has 3 nitrogen and oxygen atoms in total. The second kappa shape index (κ2) is 6.66. The van der Waals surface area contributed by atoms with E-state index in [2.05, 4.69) is 20.8 Å². The van der Waals surface area contributed by atoms with Gasteiger partial charge in [-0.3, -0.25) is 0 Å². The molecule has 4 heteroatoms. The third-order valence-corrected chi connectivity index (χ3v) is 3.93. The topological polar surface area (TPSA) is 43.7 Å². The number of nitrogens with zero attached hydrogens (tertiary/aromatic N) is 1. The van der Waals surface area contributed by atoms with Crippen molar-refractivity contribution in [2.75, 3.05) is 19.6 Å². The van der Waals surface area contributed by atoms with E-state index in [0.29, 0.717) is 6.42 Å². The van der Waals surface area contributed by atoms with Crippen molar-refractivity contribution in [1.82, 2.24) is 4.90 Å². The number of rotatable bonds is 4. The largest absolute Gasteiger partial charge is 0.392 e. The first-order chi connectivity index (χ1) is 8.65. The van der Waals surface area contributed by atoms with Gasteiger partial charge in [0.1, 0.15) is 0 Å². The standard InChI is InChI=1S/C14H20BrNO2/c15-12-4-1-3-11(9-12)14(18)6-8-16-7-2-5-13(17)10-16/h1,3-4,9,13-14,17-18H,2,5-8,10H2. The van der Waals surface area contributed by atoms with Crippen LogP contribution in [0.4, 0.5) is 0 Å². The third-order valence-electron chi connectivity index (χ3n) is 3.43. The van der Waals surface area contributed by atoms with Gasteiger partial charge in [-0.2, -0.15) is 0 Å². The summed E-state index contributed by atoms with van der Waals surface area (Å²) < 4.78 is 0.993. The highest BCUT2D eigenvalue weighted by Crippen LogP contribution is 2.21. The second-order valence-electron chi connectivity index (χ2n) is 4.96. The predicted molar refractivity (Wildman–Crippen MR) is 75.4 cm³/mol. The molecule has 1 aromatic carbocycles. The lowest BCUT2D eigenvalue weighted by Crippen LogP contribution is -2.39. The Balaban J connectivity index is 1.82. The maximum atomic E-state index is 10.1. The summed E-state index contributed by atoms with van der Waals surface area (Å²) in [6.07, 6.45) is 2.05. The number of hydrogen-bond donors (Lipinski definition) is 2. The number of aliphatic hydroxyl groups is 2. The fraction of sp³-hybridized carbons (Fsp3) is 0.571. The molecule has 100 valence electrons. The van der Waals surface area contributed by atoms with E-state index < -0.39 is 6.10 Å². The van der Waals surface area contributed by atoms with Crippen LogP contribution in [0.1, 0.15) is 30.9 Å². The van der Waals surface area contributed by atoms with Gasteiger partial charge in [-0.25, -0.2) is 0 Å². The molecular formula is C14H20BrNO2. The molecule has 0 aliphatic carbocycles. The number of likely N-dealkylation sites (tertiary alicyclic amines) is 1. The molecule has 0 amide bonds. The van der Waals surface area contributed by atoms with Crippen LogP contribution in [0, 0.1) is 0 Å². The van der Waals surface area contributed by atoms with Crippen LogP contribution in [0.2, 0.25) is 0 Å². The Morgan fingerprint density at radius 3 is 3.00 bits per heavy atom. The average molecular weight is 314 g/mol. The van der Waals surface area contributed by atoms with Crippen molar-refractivity contribution in [1.29, 1.82) is 0 Å². The van der Waals surface area contributed by atoms with Crippen molar-refractivity contribution in [3.63, 3.8) is 0 Å². The number of aliphatic hydroxyl groups excluding tert-OH is 2.